The SMILES string of the molecule is CCS(=O)(=O)c1ccc(NC(=O)C2(c3ccc(Cl)cc3)CC2)cc1. The average Bonchev–Trinajstić information content (AvgIpc) is 3.38. The molecule has 1 saturated carbocycles. The van der Waals surface area contributed by atoms with Gasteiger partial charge in [-0.25, -0.2) is 8.42 Å². The second-order valence-corrected chi connectivity index (χ2v) is 8.69. The Balaban J connectivity index is 1.77. The summed E-state index contributed by atoms with van der Waals surface area (Å²) >= 11 is 5.91. The number of rotatable bonds is 5. The minimum Gasteiger partial charge on any atom is -0.325 e. The van der Waals surface area contributed by atoms with Crippen molar-refractivity contribution in [1.82, 2.24) is 0 Å². The van der Waals surface area contributed by atoms with Gasteiger partial charge in [0.2, 0.25) is 5.91 Å². The van der Waals surface area contributed by atoms with E-state index in [0.29, 0.717) is 10.7 Å². The number of hydrogen-bond donors (Lipinski definition) is 1. The van der Waals surface area contributed by atoms with Crippen LogP contribution in [-0.2, 0) is 20.0 Å². The molecule has 126 valence electrons. The van der Waals surface area contributed by atoms with Gasteiger partial charge in [0.15, 0.2) is 9.84 Å². The number of nitrogens with one attached hydrogen (secondary N) is 1. The molecule has 0 spiro atoms. The van der Waals surface area contributed by atoms with Crippen LogP contribution < -0.4 is 5.32 Å². The van der Waals surface area contributed by atoms with Crippen molar-refractivity contribution in [1.29, 1.82) is 0 Å². The summed E-state index contributed by atoms with van der Waals surface area (Å²) in [5.41, 5.74) is 1.04. The fourth-order valence-electron chi connectivity index (χ4n) is 2.70. The molecule has 1 aliphatic rings. The summed E-state index contributed by atoms with van der Waals surface area (Å²) in [4.78, 5) is 12.9. The van der Waals surface area contributed by atoms with Crippen molar-refractivity contribution in [2.45, 2.75) is 30.1 Å². The Bertz CT molecular complexity index is 854. The lowest BCUT2D eigenvalue weighted by molar-refractivity contribution is -0.118. The summed E-state index contributed by atoms with van der Waals surface area (Å²) in [6, 6.07) is 13.6. The van der Waals surface area contributed by atoms with Crippen molar-refractivity contribution in [2.24, 2.45) is 0 Å². The van der Waals surface area contributed by atoms with Crippen molar-refractivity contribution >= 4 is 33.0 Å². The zero-order valence-corrected chi connectivity index (χ0v) is 14.8. The van der Waals surface area contributed by atoms with Crippen molar-refractivity contribution in [2.75, 3.05) is 11.1 Å². The van der Waals surface area contributed by atoms with Crippen LogP contribution in [0.5, 0.6) is 0 Å². The van der Waals surface area contributed by atoms with Crippen LogP contribution in [0.25, 0.3) is 0 Å². The van der Waals surface area contributed by atoms with E-state index in [1.165, 1.54) is 12.1 Å². The van der Waals surface area contributed by atoms with Gasteiger partial charge in [0.05, 0.1) is 16.1 Å². The molecule has 1 amide bonds. The number of carbonyl (C=O) groups is 1. The molecule has 3 rings (SSSR count). The summed E-state index contributed by atoms with van der Waals surface area (Å²) in [6.45, 7) is 1.61. The first-order chi connectivity index (χ1) is 11.4. The van der Waals surface area contributed by atoms with E-state index >= 15 is 0 Å². The lowest BCUT2D eigenvalue weighted by atomic mass is 9.95. The van der Waals surface area contributed by atoms with E-state index in [4.69, 9.17) is 11.6 Å². The summed E-state index contributed by atoms with van der Waals surface area (Å²) in [6.07, 6.45) is 1.59. The third-order valence-electron chi connectivity index (χ3n) is 4.43. The van der Waals surface area contributed by atoms with Crippen molar-refractivity contribution in [3.05, 3.63) is 59.1 Å². The molecule has 2 aromatic rings. The molecule has 1 fully saturated rings. The summed E-state index contributed by atoms with van der Waals surface area (Å²) in [5, 5.41) is 3.53. The zero-order valence-electron chi connectivity index (χ0n) is 13.3. The Kier molecular flexibility index (Phi) is 4.40. The number of sulfone groups is 1. The number of carbonyl (C=O) groups excluding carboxylic acids is 1. The largest absolute Gasteiger partial charge is 0.325 e. The van der Waals surface area contributed by atoms with Crippen LogP contribution in [0.3, 0.4) is 0 Å². The van der Waals surface area contributed by atoms with Gasteiger partial charge in [-0.2, -0.15) is 0 Å². The Morgan fingerprint density at radius 3 is 2.17 bits per heavy atom. The number of halogens is 1. The Labute approximate surface area is 146 Å². The van der Waals surface area contributed by atoms with Gasteiger partial charge in [0, 0.05) is 10.7 Å². The smallest absolute Gasteiger partial charge is 0.235 e. The van der Waals surface area contributed by atoms with Crippen LogP contribution in [0.1, 0.15) is 25.3 Å². The lowest BCUT2D eigenvalue weighted by Crippen LogP contribution is -2.27. The van der Waals surface area contributed by atoms with E-state index in [1.807, 2.05) is 12.1 Å². The minimum absolute atomic E-state index is 0.0540. The Morgan fingerprint density at radius 1 is 1.08 bits per heavy atom. The van der Waals surface area contributed by atoms with E-state index in [0.717, 1.165) is 18.4 Å². The molecule has 0 radical (unpaired) electrons. The van der Waals surface area contributed by atoms with Gasteiger partial charge in [0.25, 0.3) is 0 Å². The number of anilines is 1. The predicted octanol–water partition coefficient (Wildman–Crippen LogP) is 3.80. The van der Waals surface area contributed by atoms with Gasteiger partial charge < -0.3 is 5.32 Å². The first-order valence-corrected chi connectivity index (χ1v) is 9.81. The summed E-state index contributed by atoms with van der Waals surface area (Å²) < 4.78 is 23.6. The monoisotopic (exact) mass is 363 g/mol. The van der Waals surface area contributed by atoms with E-state index < -0.39 is 15.3 Å². The van der Waals surface area contributed by atoms with E-state index in [2.05, 4.69) is 5.32 Å². The van der Waals surface area contributed by atoms with Crippen LogP contribution in [0, 0.1) is 0 Å². The second-order valence-electron chi connectivity index (χ2n) is 5.97. The summed E-state index contributed by atoms with van der Waals surface area (Å²) in [7, 11) is -3.23. The Hall–Kier alpha value is -1.85. The maximum Gasteiger partial charge on any atom is 0.235 e. The minimum atomic E-state index is -3.23. The van der Waals surface area contributed by atoms with Gasteiger partial charge in [-0.1, -0.05) is 30.7 Å². The number of hydrogen-bond acceptors (Lipinski definition) is 3. The third-order valence-corrected chi connectivity index (χ3v) is 6.44. The maximum absolute atomic E-state index is 12.7. The molecule has 1 N–H and O–H groups in total. The fourth-order valence-corrected chi connectivity index (χ4v) is 3.71. The van der Waals surface area contributed by atoms with Crippen LogP contribution in [0.15, 0.2) is 53.4 Å². The highest BCUT2D eigenvalue weighted by Crippen LogP contribution is 2.49. The molecular formula is C18H18ClNO3S. The third kappa shape index (κ3) is 3.19. The predicted molar refractivity (Wildman–Crippen MR) is 95.2 cm³/mol. The van der Waals surface area contributed by atoms with Gasteiger partial charge in [-0.3, -0.25) is 4.79 Å². The molecule has 6 heteroatoms. The van der Waals surface area contributed by atoms with Gasteiger partial charge in [-0.15, -0.1) is 0 Å². The van der Waals surface area contributed by atoms with Gasteiger partial charge in [-0.05, 0) is 54.8 Å². The quantitative estimate of drug-likeness (QED) is 0.878. The molecule has 0 bridgehead atoms. The lowest BCUT2D eigenvalue weighted by Gasteiger charge is -2.16. The zero-order chi connectivity index (χ0) is 17.4. The number of benzene rings is 2. The van der Waals surface area contributed by atoms with Crippen molar-refractivity contribution in [3.63, 3.8) is 0 Å². The van der Waals surface area contributed by atoms with Crippen molar-refractivity contribution < 1.29 is 13.2 Å². The molecule has 1 aliphatic carbocycles. The molecule has 0 heterocycles. The molecule has 2 aromatic carbocycles. The van der Waals surface area contributed by atoms with Crippen molar-refractivity contribution in [3.8, 4) is 0 Å². The normalized spacial score (nSPS) is 15.8. The molecular weight excluding hydrogens is 346 g/mol. The average molecular weight is 364 g/mol. The van der Waals surface area contributed by atoms with Crippen LogP contribution >= 0.6 is 11.6 Å². The number of amides is 1. The summed E-state index contributed by atoms with van der Waals surface area (Å²) in [5.74, 6) is -0.0193. The highest BCUT2D eigenvalue weighted by Gasteiger charge is 2.51. The van der Waals surface area contributed by atoms with Crippen LogP contribution in [-0.4, -0.2) is 20.1 Å². The molecule has 4 nitrogen and oxygen atoms in total. The molecule has 0 aliphatic heterocycles. The highest BCUT2D eigenvalue weighted by atomic mass is 35.5. The first kappa shape index (κ1) is 17.0. The van der Waals surface area contributed by atoms with E-state index in [-0.39, 0.29) is 16.6 Å². The molecule has 0 unspecified atom stereocenters. The van der Waals surface area contributed by atoms with Gasteiger partial charge >= 0.3 is 0 Å². The van der Waals surface area contributed by atoms with Crippen LogP contribution in [0.4, 0.5) is 5.69 Å². The van der Waals surface area contributed by atoms with E-state index in [1.54, 1.807) is 31.2 Å². The van der Waals surface area contributed by atoms with Gasteiger partial charge in [0.1, 0.15) is 0 Å². The Morgan fingerprint density at radius 2 is 1.67 bits per heavy atom. The first-order valence-electron chi connectivity index (χ1n) is 7.78. The fraction of sp³-hybridized carbons (Fsp3) is 0.278. The second kappa shape index (κ2) is 6.22. The maximum atomic E-state index is 12.7. The molecule has 0 atom stereocenters. The van der Waals surface area contributed by atoms with E-state index in [9.17, 15) is 13.2 Å². The highest BCUT2D eigenvalue weighted by molar-refractivity contribution is 7.91. The molecule has 0 saturated heterocycles. The standard InChI is InChI=1S/C18H18ClNO3S/c1-2-24(22,23)16-9-7-15(8-10-16)20-17(21)18(11-12-18)13-3-5-14(19)6-4-13/h3-10H,2,11-12H2,1H3,(H,20,21). The topological polar surface area (TPSA) is 63.2 Å². The van der Waals surface area contributed by atoms with Crippen LogP contribution in [0.2, 0.25) is 5.02 Å². The molecule has 0 aromatic heterocycles. The molecule has 24 heavy (non-hydrogen) atoms.